The Balaban J connectivity index is 1.29. The molecule has 3 heterocycles. The van der Waals surface area contributed by atoms with Crippen LogP contribution in [0.1, 0.15) is 63.1 Å². The number of aliphatic hydroxyl groups is 1. The van der Waals surface area contributed by atoms with E-state index in [2.05, 4.69) is 14.8 Å². The molecule has 0 aliphatic carbocycles. The Kier molecular flexibility index (Phi) is 10.8. The van der Waals surface area contributed by atoms with Crippen molar-refractivity contribution in [3.05, 3.63) is 82.4 Å². The number of alkyl halides is 5. The lowest BCUT2D eigenvalue weighted by molar-refractivity contribution is -0.162. The molecular weight excluding hydrogens is 683 g/mol. The van der Waals surface area contributed by atoms with E-state index >= 15 is 0 Å². The topological polar surface area (TPSA) is 128 Å². The third kappa shape index (κ3) is 8.19. The van der Waals surface area contributed by atoms with E-state index in [4.69, 9.17) is 0 Å². The number of hydrogen-bond donors (Lipinski definition) is 2. The zero-order chi connectivity index (χ0) is 36.6. The van der Waals surface area contributed by atoms with Gasteiger partial charge in [0, 0.05) is 43.5 Å². The summed E-state index contributed by atoms with van der Waals surface area (Å²) >= 11 is -1.74. The predicted molar refractivity (Wildman–Crippen MR) is 179 cm³/mol. The van der Waals surface area contributed by atoms with E-state index in [1.165, 1.54) is 56.9 Å². The Labute approximate surface area is 288 Å². The molecule has 16 heteroatoms. The summed E-state index contributed by atoms with van der Waals surface area (Å²) in [6, 6.07) is 11.9. The number of rotatable bonds is 10. The SMILES string of the molecule is Cn1nc2c(=O)n(CC3(O)CCN(C(=O)CC(c4ccccc4)C(F)(F)F)CC3)cnc2c1-c1ccc(C(N[S+]([O-])C(C)(C)C)C(F)F)cc1. The second-order valence-electron chi connectivity index (χ2n) is 13.6. The van der Waals surface area contributed by atoms with E-state index in [-0.39, 0.29) is 54.6 Å². The minimum Gasteiger partial charge on any atom is -0.598 e. The van der Waals surface area contributed by atoms with Gasteiger partial charge in [0.15, 0.2) is 5.52 Å². The molecule has 5 rings (SSSR count). The zero-order valence-corrected chi connectivity index (χ0v) is 28.8. The lowest BCUT2D eigenvalue weighted by Gasteiger charge is -2.39. The molecule has 0 radical (unpaired) electrons. The first-order valence-electron chi connectivity index (χ1n) is 16.0. The molecule has 2 aromatic carbocycles. The number of fused-ring (bicyclic) bond motifs is 1. The standard InChI is InChI=1S/C34H39F5N6O4S/c1-32(2,3)50(49)42-26(30(35)36)22-10-12-23(13-11-22)29-27-28(41-43(29)4)31(47)45(20-40-27)19-33(48)14-16-44(17-15-33)25(46)18-24(34(37,38)39)21-8-6-5-7-9-21/h5-13,20,24,26,30,42,48H,14-19H2,1-4H3. The average molecular weight is 723 g/mol. The van der Waals surface area contributed by atoms with Gasteiger partial charge in [0.1, 0.15) is 16.3 Å². The summed E-state index contributed by atoms with van der Waals surface area (Å²) in [6.07, 6.45) is -6.86. The van der Waals surface area contributed by atoms with Gasteiger partial charge in [0.2, 0.25) is 5.91 Å². The van der Waals surface area contributed by atoms with Gasteiger partial charge in [-0.3, -0.25) is 18.8 Å². The molecule has 0 bridgehead atoms. The monoisotopic (exact) mass is 722 g/mol. The molecule has 1 aliphatic rings. The van der Waals surface area contributed by atoms with E-state index in [1.54, 1.807) is 46.0 Å². The number of carbonyl (C=O) groups is 1. The maximum atomic E-state index is 13.9. The molecule has 0 spiro atoms. The Morgan fingerprint density at radius 3 is 2.20 bits per heavy atom. The highest BCUT2D eigenvalue weighted by Gasteiger charge is 2.43. The molecule has 3 atom stereocenters. The van der Waals surface area contributed by atoms with Crippen molar-refractivity contribution in [2.75, 3.05) is 13.1 Å². The molecule has 1 aliphatic heterocycles. The van der Waals surface area contributed by atoms with Gasteiger partial charge in [-0.1, -0.05) is 54.6 Å². The summed E-state index contributed by atoms with van der Waals surface area (Å²) in [5.74, 6) is -2.63. The minimum absolute atomic E-state index is 0.00175. The third-order valence-electron chi connectivity index (χ3n) is 8.88. The molecule has 1 saturated heterocycles. The molecule has 4 aromatic rings. The first-order valence-corrected chi connectivity index (χ1v) is 17.1. The van der Waals surface area contributed by atoms with Crippen LogP contribution in [0.2, 0.25) is 0 Å². The molecule has 3 unspecified atom stereocenters. The van der Waals surface area contributed by atoms with Crippen molar-refractivity contribution < 1.29 is 36.4 Å². The smallest absolute Gasteiger partial charge is 0.396 e. The molecule has 50 heavy (non-hydrogen) atoms. The highest BCUT2D eigenvalue weighted by Crippen LogP contribution is 2.38. The van der Waals surface area contributed by atoms with Gasteiger partial charge in [-0.2, -0.15) is 18.3 Å². The van der Waals surface area contributed by atoms with Crippen molar-refractivity contribution in [1.29, 1.82) is 0 Å². The molecule has 0 saturated carbocycles. The third-order valence-corrected chi connectivity index (χ3v) is 10.5. The van der Waals surface area contributed by atoms with Gasteiger partial charge < -0.3 is 14.6 Å². The fraction of sp³-hybridized carbons (Fsp3) is 0.471. The van der Waals surface area contributed by atoms with E-state index < -0.39 is 64.2 Å². The largest absolute Gasteiger partial charge is 0.598 e. The van der Waals surface area contributed by atoms with Crippen LogP contribution in [0.3, 0.4) is 0 Å². The predicted octanol–water partition coefficient (Wildman–Crippen LogP) is 5.24. The van der Waals surface area contributed by atoms with Crippen LogP contribution in [0, 0.1) is 0 Å². The van der Waals surface area contributed by atoms with Crippen molar-refractivity contribution in [2.24, 2.45) is 7.05 Å². The Morgan fingerprint density at radius 1 is 1.02 bits per heavy atom. The van der Waals surface area contributed by atoms with Gasteiger partial charge in [-0.05, 0) is 44.7 Å². The maximum absolute atomic E-state index is 13.9. The summed E-state index contributed by atoms with van der Waals surface area (Å²) in [7, 11) is 1.60. The van der Waals surface area contributed by atoms with Gasteiger partial charge in [0.25, 0.3) is 12.0 Å². The quantitative estimate of drug-likeness (QED) is 0.169. The summed E-state index contributed by atoms with van der Waals surface area (Å²) in [4.78, 5) is 32.2. The lowest BCUT2D eigenvalue weighted by Crippen LogP contribution is -2.50. The first kappa shape index (κ1) is 37.4. The van der Waals surface area contributed by atoms with Crippen LogP contribution in [0.5, 0.6) is 0 Å². The van der Waals surface area contributed by atoms with Gasteiger partial charge in [-0.15, -0.1) is 4.72 Å². The number of nitrogens with zero attached hydrogens (tertiary/aromatic N) is 5. The number of amides is 1. The van der Waals surface area contributed by atoms with Crippen molar-refractivity contribution in [2.45, 2.75) is 81.5 Å². The highest BCUT2D eigenvalue weighted by atomic mass is 32.2. The first-order chi connectivity index (χ1) is 23.4. The molecule has 1 fully saturated rings. The fourth-order valence-electron chi connectivity index (χ4n) is 6.00. The van der Waals surface area contributed by atoms with Crippen LogP contribution >= 0.6 is 0 Å². The van der Waals surface area contributed by atoms with Crippen LogP contribution < -0.4 is 10.3 Å². The number of piperidine rings is 1. The Hall–Kier alpha value is -3.86. The average Bonchev–Trinajstić information content (AvgIpc) is 3.39. The van der Waals surface area contributed by atoms with Gasteiger partial charge >= 0.3 is 6.18 Å². The number of aryl methyl sites for hydroxylation is 1. The number of nitrogens with one attached hydrogen (secondary N) is 1. The van der Waals surface area contributed by atoms with Gasteiger partial charge in [-0.25, -0.2) is 13.8 Å². The summed E-state index contributed by atoms with van der Waals surface area (Å²) in [5, 5.41) is 15.7. The highest BCUT2D eigenvalue weighted by molar-refractivity contribution is 7.90. The second-order valence-corrected chi connectivity index (χ2v) is 15.6. The van der Waals surface area contributed by atoms with Crippen molar-refractivity contribution in [3.8, 4) is 11.3 Å². The van der Waals surface area contributed by atoms with Crippen LogP contribution in [0.4, 0.5) is 22.0 Å². The Morgan fingerprint density at radius 2 is 1.64 bits per heavy atom. The number of likely N-dealkylation sites (tertiary alicyclic amines) is 1. The molecule has 1 amide bonds. The molecular formula is C34H39F5N6O4S. The normalized spacial score (nSPS) is 17.2. The van der Waals surface area contributed by atoms with Gasteiger partial charge in [0.05, 0.1) is 30.1 Å². The van der Waals surface area contributed by atoms with E-state index in [0.717, 1.165) is 0 Å². The number of aromatic nitrogens is 4. The van der Waals surface area contributed by atoms with Crippen LogP contribution in [0.25, 0.3) is 22.3 Å². The number of hydrogen-bond acceptors (Lipinski definition) is 7. The molecule has 2 N–H and O–H groups in total. The lowest BCUT2D eigenvalue weighted by atomic mass is 9.90. The van der Waals surface area contributed by atoms with Crippen molar-refractivity contribution in [1.82, 2.24) is 29.0 Å². The van der Waals surface area contributed by atoms with E-state index in [0.29, 0.717) is 11.3 Å². The molecule has 270 valence electrons. The molecule has 2 aromatic heterocycles. The van der Waals surface area contributed by atoms with Crippen LogP contribution in [-0.4, -0.2) is 75.8 Å². The maximum Gasteiger partial charge on any atom is 0.396 e. The zero-order valence-electron chi connectivity index (χ0n) is 28.0. The Bertz CT molecular complexity index is 1850. The molecule has 10 nitrogen and oxygen atoms in total. The van der Waals surface area contributed by atoms with E-state index in [9.17, 15) is 41.2 Å². The fourth-order valence-corrected chi connectivity index (χ4v) is 6.82. The number of halogens is 5. The summed E-state index contributed by atoms with van der Waals surface area (Å²) in [5.41, 5.74) is -0.484. The number of carbonyl (C=O) groups excluding carboxylic acids is 1. The van der Waals surface area contributed by atoms with E-state index in [1.807, 2.05) is 0 Å². The van der Waals surface area contributed by atoms with Crippen molar-refractivity contribution in [3.63, 3.8) is 0 Å². The van der Waals surface area contributed by atoms with Crippen LogP contribution in [0.15, 0.2) is 65.7 Å². The summed E-state index contributed by atoms with van der Waals surface area (Å²) in [6.45, 7) is 4.87. The minimum atomic E-state index is -4.61. The summed E-state index contributed by atoms with van der Waals surface area (Å²) < 4.78 is 86.2. The van der Waals surface area contributed by atoms with Crippen molar-refractivity contribution >= 4 is 28.3 Å². The van der Waals surface area contributed by atoms with Crippen LogP contribution in [-0.2, 0) is 29.7 Å². The number of benzene rings is 2. The second kappa shape index (κ2) is 14.4.